The highest BCUT2D eigenvalue weighted by molar-refractivity contribution is 6.27. The van der Waals surface area contributed by atoms with Crippen molar-refractivity contribution in [1.29, 1.82) is 0 Å². The van der Waals surface area contributed by atoms with E-state index in [1.807, 2.05) is 12.1 Å². The van der Waals surface area contributed by atoms with Gasteiger partial charge in [0.1, 0.15) is 11.2 Å². The number of rotatable bonds is 11. The van der Waals surface area contributed by atoms with Crippen LogP contribution in [0.1, 0.15) is 43.9 Å². The Kier molecular flexibility index (Phi) is 10.0. The van der Waals surface area contributed by atoms with E-state index < -0.39 is 0 Å². The van der Waals surface area contributed by atoms with Gasteiger partial charge in [0.25, 0.3) is 0 Å². The second kappa shape index (κ2) is 16.3. The highest BCUT2D eigenvalue weighted by atomic mass is 16.3. The third-order valence-electron chi connectivity index (χ3n) is 13.4. The van der Waals surface area contributed by atoms with Crippen LogP contribution in [0, 0.1) is 0 Å². The number of fused-ring (bicyclic) bond motifs is 10. The van der Waals surface area contributed by atoms with Gasteiger partial charge in [-0.3, -0.25) is 0 Å². The van der Waals surface area contributed by atoms with Crippen LogP contribution in [0.25, 0.3) is 88.9 Å². The Labute approximate surface area is 381 Å². The molecule has 0 saturated heterocycles. The number of nitrogens with zero attached hydrogens (tertiary/aromatic N) is 1. The van der Waals surface area contributed by atoms with Crippen molar-refractivity contribution in [2.45, 2.75) is 32.6 Å². The molecule has 0 atom stereocenters. The average molecular weight is 839 g/mol. The predicted octanol–water partition coefficient (Wildman–Crippen LogP) is 16.9. The molecule has 2 aromatic heterocycles. The average Bonchev–Trinajstić information content (AvgIpc) is 3.97. The van der Waals surface area contributed by atoms with Gasteiger partial charge in [-0.05, 0) is 122 Å². The van der Waals surface area contributed by atoms with Crippen LogP contribution in [-0.2, 0) is 5.41 Å². The normalized spacial score (nSPS) is 13.6. The van der Waals surface area contributed by atoms with Crippen molar-refractivity contribution >= 4 is 55.5 Å². The zero-order valence-electron chi connectivity index (χ0n) is 37.1. The summed E-state index contributed by atoms with van der Waals surface area (Å²) in [7, 11) is 0. The molecule has 0 amide bonds. The summed E-state index contributed by atoms with van der Waals surface area (Å²) in [6.45, 7) is 11.7. The zero-order chi connectivity index (χ0) is 44.1. The lowest BCUT2D eigenvalue weighted by molar-refractivity contribution is 0.661. The number of aromatic nitrogens is 1. The molecular formula is C62H50N2O. The summed E-state index contributed by atoms with van der Waals surface area (Å²) in [6.07, 6.45) is 11.8. The van der Waals surface area contributed by atoms with Crippen LogP contribution in [0.4, 0.5) is 5.69 Å². The van der Waals surface area contributed by atoms with E-state index in [0.29, 0.717) is 6.54 Å². The summed E-state index contributed by atoms with van der Waals surface area (Å²) in [5.74, 6) is 0. The van der Waals surface area contributed by atoms with Gasteiger partial charge in [-0.25, -0.2) is 0 Å². The maximum atomic E-state index is 6.29. The van der Waals surface area contributed by atoms with Crippen LogP contribution < -0.4 is 5.32 Å². The number of furan rings is 1. The van der Waals surface area contributed by atoms with Gasteiger partial charge in [0.2, 0.25) is 0 Å². The number of benzene rings is 8. The van der Waals surface area contributed by atoms with Gasteiger partial charge in [-0.2, -0.15) is 0 Å². The van der Waals surface area contributed by atoms with Crippen molar-refractivity contribution in [2.75, 3.05) is 11.9 Å². The second-order valence-electron chi connectivity index (χ2n) is 17.6. The third kappa shape index (κ3) is 7.01. The summed E-state index contributed by atoms with van der Waals surface area (Å²) >= 11 is 0. The fraction of sp³-hybridized carbons (Fsp3) is 0.0968. The van der Waals surface area contributed by atoms with Crippen molar-refractivity contribution in [3.63, 3.8) is 0 Å². The monoisotopic (exact) mass is 838 g/mol. The van der Waals surface area contributed by atoms with E-state index in [4.69, 9.17) is 4.42 Å². The van der Waals surface area contributed by atoms with E-state index in [1.165, 1.54) is 71.7 Å². The highest BCUT2D eigenvalue weighted by Crippen LogP contribution is 2.50. The van der Waals surface area contributed by atoms with Gasteiger partial charge in [-0.15, -0.1) is 0 Å². The molecule has 0 radical (unpaired) electrons. The smallest absolute Gasteiger partial charge is 0.136 e. The molecule has 1 aliphatic carbocycles. The fourth-order valence-electron chi connectivity index (χ4n) is 10.1. The van der Waals surface area contributed by atoms with Gasteiger partial charge in [-0.1, -0.05) is 179 Å². The minimum absolute atomic E-state index is 0.103. The number of hydrogen-bond donors (Lipinski definition) is 1. The van der Waals surface area contributed by atoms with Crippen molar-refractivity contribution in [3.8, 4) is 39.1 Å². The lowest BCUT2D eigenvalue weighted by Crippen LogP contribution is -2.15. The molecule has 2 heterocycles. The van der Waals surface area contributed by atoms with Gasteiger partial charge >= 0.3 is 0 Å². The molecule has 8 aromatic carbocycles. The van der Waals surface area contributed by atoms with E-state index in [-0.39, 0.29) is 5.41 Å². The summed E-state index contributed by atoms with van der Waals surface area (Å²) < 4.78 is 8.67. The van der Waals surface area contributed by atoms with Crippen LogP contribution in [-0.4, -0.2) is 11.1 Å². The topological polar surface area (TPSA) is 30.1 Å². The lowest BCUT2D eigenvalue weighted by atomic mass is 9.81. The maximum absolute atomic E-state index is 6.29. The number of hydrogen-bond acceptors (Lipinski definition) is 2. The van der Waals surface area contributed by atoms with Crippen LogP contribution in [0.5, 0.6) is 0 Å². The molecule has 10 aromatic rings. The Morgan fingerprint density at radius 3 is 2.02 bits per heavy atom. The van der Waals surface area contributed by atoms with E-state index in [0.717, 1.165) is 51.1 Å². The predicted molar refractivity (Wildman–Crippen MR) is 277 cm³/mol. The highest BCUT2D eigenvalue weighted by Gasteiger charge is 2.35. The van der Waals surface area contributed by atoms with E-state index in [9.17, 15) is 0 Å². The Morgan fingerprint density at radius 1 is 0.585 bits per heavy atom. The Bertz CT molecular complexity index is 3540. The molecule has 3 nitrogen and oxygen atoms in total. The van der Waals surface area contributed by atoms with E-state index >= 15 is 0 Å². The Morgan fingerprint density at radius 2 is 1.25 bits per heavy atom. The molecule has 0 fully saturated rings. The van der Waals surface area contributed by atoms with Crippen LogP contribution in [0.15, 0.2) is 222 Å². The molecule has 0 bridgehead atoms. The molecule has 11 rings (SSSR count). The molecule has 65 heavy (non-hydrogen) atoms. The molecule has 0 aliphatic heterocycles. The van der Waals surface area contributed by atoms with Gasteiger partial charge in [0.15, 0.2) is 0 Å². The molecule has 314 valence electrons. The largest absolute Gasteiger partial charge is 0.456 e. The summed E-state index contributed by atoms with van der Waals surface area (Å²) in [5, 5.41) is 8.48. The SMILES string of the molecule is C=CC(=C\CC)/C(/C=C\c1ccc(-c2ccc(-n3c4ccccc4c4c5c(ccc43)oc3ccccc35)cc2)cc1)=C/CNc1ccc2c(c1)C(C)(C)c1cc(-c3ccccc3)ccc1-2. The van der Waals surface area contributed by atoms with Gasteiger partial charge in [0, 0.05) is 44.9 Å². The Hall–Kier alpha value is -7.88. The van der Waals surface area contributed by atoms with Crippen molar-refractivity contribution in [1.82, 2.24) is 4.57 Å². The molecular weight excluding hydrogens is 789 g/mol. The number of anilines is 1. The Balaban J connectivity index is 0.820. The van der Waals surface area contributed by atoms with Crippen molar-refractivity contribution in [3.05, 3.63) is 235 Å². The number of para-hydroxylation sites is 2. The van der Waals surface area contributed by atoms with E-state index in [1.54, 1.807) is 0 Å². The first-order chi connectivity index (χ1) is 31.9. The summed E-state index contributed by atoms with van der Waals surface area (Å²) in [4.78, 5) is 0. The van der Waals surface area contributed by atoms with Crippen LogP contribution in [0.3, 0.4) is 0 Å². The first kappa shape index (κ1) is 39.9. The molecule has 0 unspecified atom stereocenters. The van der Waals surface area contributed by atoms with Crippen LogP contribution >= 0.6 is 0 Å². The lowest BCUT2D eigenvalue weighted by Gasteiger charge is -2.22. The fourth-order valence-corrected chi connectivity index (χ4v) is 10.1. The first-order valence-electron chi connectivity index (χ1n) is 22.7. The molecule has 1 aliphatic rings. The quantitative estimate of drug-likeness (QED) is 0.132. The minimum Gasteiger partial charge on any atom is -0.456 e. The third-order valence-corrected chi connectivity index (χ3v) is 13.4. The zero-order valence-corrected chi connectivity index (χ0v) is 37.1. The van der Waals surface area contributed by atoms with E-state index in [2.05, 4.69) is 231 Å². The van der Waals surface area contributed by atoms with Crippen LogP contribution in [0.2, 0.25) is 0 Å². The second-order valence-corrected chi connectivity index (χ2v) is 17.6. The standard InChI is InChI=1S/C62H50N2O/c1-5-14-42(6-2)46(37-38-63-48-30-34-51-50-33-29-47(43-15-8-7-9-16-43)39-54(50)62(3,4)55(51)40-48)26-23-41-21-24-44(25-22-41)45-27-31-49(32-28-45)64-56-19-12-10-17-52(56)60-57(64)35-36-59-61(60)53-18-11-13-20-58(53)65-59/h6-37,39-40,63H,2,5,38H2,1,3-4H3/b26-23-,42-14+,46-37+. The maximum Gasteiger partial charge on any atom is 0.136 e. The molecule has 0 spiro atoms. The van der Waals surface area contributed by atoms with Crippen molar-refractivity contribution < 1.29 is 4.42 Å². The summed E-state index contributed by atoms with van der Waals surface area (Å²) in [6, 6.07) is 63.6. The van der Waals surface area contributed by atoms with Gasteiger partial charge < -0.3 is 14.3 Å². The van der Waals surface area contributed by atoms with Gasteiger partial charge in [0.05, 0.1) is 11.0 Å². The molecule has 0 saturated carbocycles. The molecule has 3 heteroatoms. The number of nitrogens with one attached hydrogen (secondary N) is 1. The van der Waals surface area contributed by atoms with Crippen molar-refractivity contribution in [2.24, 2.45) is 0 Å². The first-order valence-corrected chi connectivity index (χ1v) is 22.7. The molecule has 1 N–H and O–H groups in total. The minimum atomic E-state index is -0.103. The number of allylic oxidation sites excluding steroid dienone is 5. The summed E-state index contributed by atoms with van der Waals surface area (Å²) in [5.41, 5.74) is 20.0.